The third-order valence-electron chi connectivity index (χ3n) is 4.26. The van der Waals surface area contributed by atoms with Crippen molar-refractivity contribution in [2.24, 2.45) is 0 Å². The molecule has 0 unspecified atom stereocenters. The van der Waals surface area contributed by atoms with E-state index in [1.165, 1.54) is 25.7 Å². The van der Waals surface area contributed by atoms with Gasteiger partial charge in [-0.3, -0.25) is 14.6 Å². The van der Waals surface area contributed by atoms with Crippen LogP contribution < -0.4 is 0 Å². The van der Waals surface area contributed by atoms with Crippen LogP contribution in [0.25, 0.3) is 0 Å². The molecule has 2 fully saturated rings. The van der Waals surface area contributed by atoms with Crippen molar-refractivity contribution < 1.29 is 14.6 Å². The standard InChI is InChI=1S/C14H26N2O3/c17-14(18)5-6-16(13-3-1-2-4-13)8-7-15-9-11-19-12-10-15/h13H,1-12H2,(H,17,18). The monoisotopic (exact) mass is 270 g/mol. The minimum Gasteiger partial charge on any atom is -0.481 e. The predicted octanol–water partition coefficient (Wildman–Crippen LogP) is 1.04. The molecular formula is C14H26N2O3. The maximum absolute atomic E-state index is 10.8. The summed E-state index contributed by atoms with van der Waals surface area (Å²) in [5, 5.41) is 8.87. The number of carboxylic acid groups (broad SMARTS) is 1. The largest absolute Gasteiger partial charge is 0.481 e. The molecule has 5 heteroatoms. The molecule has 110 valence electrons. The third-order valence-corrected chi connectivity index (χ3v) is 4.26. The van der Waals surface area contributed by atoms with E-state index in [0.29, 0.717) is 12.6 Å². The van der Waals surface area contributed by atoms with Gasteiger partial charge in [0, 0.05) is 38.8 Å². The van der Waals surface area contributed by atoms with Crippen molar-refractivity contribution in [1.82, 2.24) is 9.80 Å². The van der Waals surface area contributed by atoms with Crippen molar-refractivity contribution in [1.29, 1.82) is 0 Å². The average Bonchev–Trinajstić information content (AvgIpc) is 2.93. The molecule has 2 aliphatic rings. The molecule has 0 bridgehead atoms. The van der Waals surface area contributed by atoms with Crippen LogP contribution in [0.2, 0.25) is 0 Å². The molecule has 1 aliphatic carbocycles. The van der Waals surface area contributed by atoms with E-state index < -0.39 is 5.97 Å². The number of carbonyl (C=O) groups is 1. The van der Waals surface area contributed by atoms with Crippen LogP contribution in [0.5, 0.6) is 0 Å². The van der Waals surface area contributed by atoms with Gasteiger partial charge < -0.3 is 9.84 Å². The fraction of sp³-hybridized carbons (Fsp3) is 0.929. The zero-order valence-corrected chi connectivity index (χ0v) is 11.7. The highest BCUT2D eigenvalue weighted by atomic mass is 16.5. The van der Waals surface area contributed by atoms with E-state index in [1.54, 1.807) is 0 Å². The molecule has 0 aromatic rings. The van der Waals surface area contributed by atoms with Gasteiger partial charge >= 0.3 is 5.97 Å². The molecular weight excluding hydrogens is 244 g/mol. The number of nitrogens with zero attached hydrogens (tertiary/aromatic N) is 2. The molecule has 0 aromatic carbocycles. The maximum Gasteiger partial charge on any atom is 0.304 e. The Labute approximate surface area is 115 Å². The molecule has 0 atom stereocenters. The molecule has 2 rings (SSSR count). The van der Waals surface area contributed by atoms with Crippen LogP contribution in [-0.4, -0.2) is 72.9 Å². The SMILES string of the molecule is O=C(O)CCN(CCN1CCOCC1)C1CCCC1. The molecule has 1 N–H and O–H groups in total. The Morgan fingerprint density at radius 1 is 1.21 bits per heavy atom. The lowest BCUT2D eigenvalue weighted by Crippen LogP contribution is -2.44. The third kappa shape index (κ3) is 5.09. The van der Waals surface area contributed by atoms with Crippen molar-refractivity contribution in [3.63, 3.8) is 0 Å². The van der Waals surface area contributed by atoms with Gasteiger partial charge in [0.15, 0.2) is 0 Å². The minimum absolute atomic E-state index is 0.264. The summed E-state index contributed by atoms with van der Waals surface area (Å²) in [4.78, 5) is 15.6. The van der Waals surface area contributed by atoms with Crippen molar-refractivity contribution in [2.45, 2.75) is 38.1 Å². The fourth-order valence-corrected chi connectivity index (χ4v) is 3.08. The normalized spacial score (nSPS) is 22.2. The molecule has 0 spiro atoms. The molecule has 5 nitrogen and oxygen atoms in total. The molecule has 0 aromatic heterocycles. The Balaban J connectivity index is 1.76. The first-order chi connectivity index (χ1) is 9.25. The highest BCUT2D eigenvalue weighted by Crippen LogP contribution is 2.23. The lowest BCUT2D eigenvalue weighted by molar-refractivity contribution is -0.137. The van der Waals surface area contributed by atoms with Crippen LogP contribution in [0.4, 0.5) is 0 Å². The van der Waals surface area contributed by atoms with Crippen molar-refractivity contribution in [2.75, 3.05) is 45.9 Å². The number of hydrogen-bond acceptors (Lipinski definition) is 4. The first-order valence-corrected chi connectivity index (χ1v) is 7.51. The van der Waals surface area contributed by atoms with Gasteiger partial charge in [-0.15, -0.1) is 0 Å². The summed E-state index contributed by atoms with van der Waals surface area (Å²) < 4.78 is 5.35. The highest BCUT2D eigenvalue weighted by molar-refractivity contribution is 5.66. The number of aliphatic carboxylic acids is 1. The van der Waals surface area contributed by atoms with E-state index in [-0.39, 0.29) is 6.42 Å². The predicted molar refractivity (Wildman–Crippen MR) is 73.3 cm³/mol. The van der Waals surface area contributed by atoms with Gasteiger partial charge in [0.25, 0.3) is 0 Å². The molecule has 0 radical (unpaired) electrons. The summed E-state index contributed by atoms with van der Waals surface area (Å²) >= 11 is 0. The Hall–Kier alpha value is -0.650. The van der Waals surface area contributed by atoms with Crippen LogP contribution in [0.1, 0.15) is 32.1 Å². The Bertz CT molecular complexity index is 274. The Morgan fingerprint density at radius 2 is 1.89 bits per heavy atom. The molecule has 19 heavy (non-hydrogen) atoms. The van der Waals surface area contributed by atoms with Gasteiger partial charge in [0.2, 0.25) is 0 Å². The van der Waals surface area contributed by atoms with E-state index in [1.807, 2.05) is 0 Å². The summed E-state index contributed by atoms with van der Waals surface area (Å²) in [6.45, 7) is 6.42. The van der Waals surface area contributed by atoms with Crippen molar-refractivity contribution in [3.8, 4) is 0 Å². The quantitative estimate of drug-likeness (QED) is 0.749. The average molecular weight is 270 g/mol. The first-order valence-electron chi connectivity index (χ1n) is 7.51. The summed E-state index contributed by atoms with van der Waals surface area (Å²) in [5.74, 6) is -0.686. The number of ether oxygens (including phenoxy) is 1. The van der Waals surface area contributed by atoms with Crippen LogP contribution in [0.3, 0.4) is 0 Å². The van der Waals surface area contributed by atoms with E-state index in [9.17, 15) is 4.79 Å². The molecule has 1 saturated heterocycles. The van der Waals surface area contributed by atoms with E-state index in [0.717, 1.165) is 39.4 Å². The smallest absolute Gasteiger partial charge is 0.304 e. The minimum atomic E-state index is -0.686. The lowest BCUT2D eigenvalue weighted by Gasteiger charge is -2.32. The number of morpholine rings is 1. The number of hydrogen-bond donors (Lipinski definition) is 1. The fourth-order valence-electron chi connectivity index (χ4n) is 3.08. The first kappa shape index (κ1) is 14.8. The molecule has 1 aliphatic heterocycles. The highest BCUT2D eigenvalue weighted by Gasteiger charge is 2.23. The van der Waals surface area contributed by atoms with E-state index in [4.69, 9.17) is 9.84 Å². The van der Waals surface area contributed by atoms with Crippen molar-refractivity contribution in [3.05, 3.63) is 0 Å². The summed E-state index contributed by atoms with van der Waals surface area (Å²) in [6, 6.07) is 0.611. The summed E-state index contributed by atoms with van der Waals surface area (Å²) in [6.07, 6.45) is 5.34. The van der Waals surface area contributed by atoms with Gasteiger partial charge in [-0.2, -0.15) is 0 Å². The maximum atomic E-state index is 10.8. The Morgan fingerprint density at radius 3 is 2.53 bits per heavy atom. The summed E-state index contributed by atoms with van der Waals surface area (Å²) in [7, 11) is 0. The Kier molecular flexibility index (Phi) is 6.07. The van der Waals surface area contributed by atoms with Gasteiger partial charge in [0.1, 0.15) is 0 Å². The second kappa shape index (κ2) is 7.82. The summed E-state index contributed by atoms with van der Waals surface area (Å²) in [5.41, 5.74) is 0. The van der Waals surface area contributed by atoms with Crippen LogP contribution in [-0.2, 0) is 9.53 Å². The molecule has 1 heterocycles. The molecule has 0 amide bonds. The lowest BCUT2D eigenvalue weighted by atomic mass is 10.2. The number of rotatable bonds is 7. The van der Waals surface area contributed by atoms with Crippen LogP contribution >= 0.6 is 0 Å². The topological polar surface area (TPSA) is 53.0 Å². The zero-order chi connectivity index (χ0) is 13.5. The molecule has 1 saturated carbocycles. The second-order valence-corrected chi connectivity index (χ2v) is 5.57. The zero-order valence-electron chi connectivity index (χ0n) is 11.7. The van der Waals surface area contributed by atoms with Gasteiger partial charge in [-0.1, -0.05) is 12.8 Å². The van der Waals surface area contributed by atoms with Crippen LogP contribution in [0.15, 0.2) is 0 Å². The van der Waals surface area contributed by atoms with Gasteiger partial charge in [0.05, 0.1) is 19.6 Å². The van der Waals surface area contributed by atoms with E-state index in [2.05, 4.69) is 9.80 Å². The van der Waals surface area contributed by atoms with Crippen LogP contribution in [0, 0.1) is 0 Å². The van der Waals surface area contributed by atoms with Gasteiger partial charge in [-0.05, 0) is 12.8 Å². The van der Waals surface area contributed by atoms with Crippen molar-refractivity contribution >= 4 is 5.97 Å². The van der Waals surface area contributed by atoms with E-state index >= 15 is 0 Å². The van der Waals surface area contributed by atoms with Gasteiger partial charge in [-0.25, -0.2) is 0 Å². The second-order valence-electron chi connectivity index (χ2n) is 5.57. The number of carboxylic acids is 1.